The van der Waals surface area contributed by atoms with Gasteiger partial charge in [-0.05, 0) is 37.5 Å². The maximum Gasteiger partial charge on any atom is 0.253 e. The van der Waals surface area contributed by atoms with Crippen LogP contribution < -0.4 is 40.4 Å². The summed E-state index contributed by atoms with van der Waals surface area (Å²) < 4.78 is 11.4. The number of rotatable bonds is 4. The number of H-pyrrole nitrogens is 1. The molecule has 2 N–H and O–H groups in total. The van der Waals surface area contributed by atoms with E-state index in [1.54, 1.807) is 0 Å². The zero-order valence-corrected chi connectivity index (χ0v) is 17.0. The van der Waals surface area contributed by atoms with Crippen molar-refractivity contribution in [3.05, 3.63) is 33.6 Å². The van der Waals surface area contributed by atoms with Crippen LogP contribution in [0.3, 0.4) is 0 Å². The van der Waals surface area contributed by atoms with Gasteiger partial charge in [0, 0.05) is 31.7 Å². The number of nitrogens with zero attached hydrogens (tertiary/aromatic N) is 1. The number of nitrogens with one attached hydrogen (secondary N) is 2. The Morgan fingerprint density at radius 2 is 2.00 bits per heavy atom. The lowest BCUT2D eigenvalue weighted by atomic mass is 9.99. The Labute approximate surface area is 171 Å². The number of morpholine rings is 1. The minimum atomic E-state index is 0. The summed E-state index contributed by atoms with van der Waals surface area (Å²) in [5.41, 5.74) is 3.82. The smallest absolute Gasteiger partial charge is 0.253 e. The highest BCUT2D eigenvalue weighted by molar-refractivity contribution is 5.98. The van der Waals surface area contributed by atoms with Gasteiger partial charge in [-0.25, -0.2) is 0 Å². The molecular formula is C19H25Cl2N3O3-2. The van der Waals surface area contributed by atoms with Crippen LogP contribution in [-0.2, 0) is 17.7 Å². The lowest BCUT2D eigenvalue weighted by Gasteiger charge is -2.27. The van der Waals surface area contributed by atoms with Crippen molar-refractivity contribution in [1.82, 2.24) is 9.88 Å². The number of pyridine rings is 1. The molecule has 150 valence electrons. The second kappa shape index (κ2) is 9.64. The monoisotopic (exact) mass is 413 g/mol. The molecule has 2 aliphatic heterocycles. The number of ether oxygens (including phenoxy) is 2. The lowest BCUT2D eigenvalue weighted by Crippen LogP contribution is -3.00. The quantitative estimate of drug-likeness (QED) is 0.536. The number of fused-ring (bicyclic) bond motifs is 3. The molecule has 27 heavy (non-hydrogen) atoms. The average Bonchev–Trinajstić information content (AvgIpc) is 2.63. The van der Waals surface area contributed by atoms with Crippen LogP contribution in [0.4, 0.5) is 5.69 Å². The predicted molar refractivity (Wildman–Crippen MR) is 98.6 cm³/mol. The van der Waals surface area contributed by atoms with E-state index in [0.717, 1.165) is 85.7 Å². The molecule has 0 amide bonds. The molecule has 1 aromatic carbocycles. The third kappa shape index (κ3) is 4.51. The Bertz CT molecular complexity index is 835. The van der Waals surface area contributed by atoms with E-state index in [4.69, 9.17) is 9.47 Å². The van der Waals surface area contributed by atoms with Gasteiger partial charge in [0.15, 0.2) is 0 Å². The first-order valence-electron chi connectivity index (χ1n) is 9.15. The summed E-state index contributed by atoms with van der Waals surface area (Å²) in [5.74, 6) is 0.852. The minimum absolute atomic E-state index is 0. The van der Waals surface area contributed by atoms with Gasteiger partial charge >= 0.3 is 0 Å². The molecule has 8 heteroatoms. The summed E-state index contributed by atoms with van der Waals surface area (Å²) >= 11 is 0. The second-order valence-electron chi connectivity index (χ2n) is 6.68. The second-order valence-corrected chi connectivity index (χ2v) is 6.68. The molecule has 0 radical (unpaired) electrons. The normalized spacial score (nSPS) is 16.6. The lowest BCUT2D eigenvalue weighted by molar-refractivity contribution is -0.001000. The van der Waals surface area contributed by atoms with E-state index >= 15 is 0 Å². The van der Waals surface area contributed by atoms with Gasteiger partial charge in [-0.3, -0.25) is 9.69 Å². The fraction of sp³-hybridized carbons (Fsp3) is 0.526. The molecule has 0 aliphatic carbocycles. The molecule has 6 nitrogen and oxygen atoms in total. The minimum Gasteiger partial charge on any atom is -1.00 e. The molecule has 4 rings (SSSR count). The van der Waals surface area contributed by atoms with Crippen LogP contribution in [-0.4, -0.2) is 49.3 Å². The largest absolute Gasteiger partial charge is 1.00 e. The van der Waals surface area contributed by atoms with Crippen molar-refractivity contribution in [2.24, 2.45) is 0 Å². The highest BCUT2D eigenvalue weighted by atomic mass is 35.5. The molecule has 0 spiro atoms. The molecule has 1 fully saturated rings. The molecule has 1 aromatic heterocycles. The van der Waals surface area contributed by atoms with E-state index < -0.39 is 0 Å². The van der Waals surface area contributed by atoms with Gasteiger partial charge < -0.3 is 44.6 Å². The van der Waals surface area contributed by atoms with Crippen molar-refractivity contribution in [1.29, 1.82) is 0 Å². The van der Waals surface area contributed by atoms with Gasteiger partial charge in [-0.15, -0.1) is 0 Å². The van der Waals surface area contributed by atoms with Crippen molar-refractivity contribution >= 4 is 16.6 Å². The number of halogens is 2. The molecule has 0 atom stereocenters. The number of aromatic amines is 1. The highest BCUT2D eigenvalue weighted by Gasteiger charge is 2.20. The number of anilines is 1. The number of benzene rings is 1. The first-order valence-corrected chi connectivity index (χ1v) is 9.15. The number of hydrogen-bond donors (Lipinski definition) is 2. The standard InChI is InChI=1S/C19H25N3O3.2ClH/c1-2-25-16-11-13(12-22-6-8-24-9-7-22)10-15-17(16)18-14(19(23)21-15)4-3-5-20-18;;/h10-11,20H,2-9,12H2,1H3,(H,21,23);2*1H/p-2. The van der Waals surface area contributed by atoms with Gasteiger partial charge in [0.2, 0.25) is 0 Å². The van der Waals surface area contributed by atoms with Crippen LogP contribution >= 0.6 is 0 Å². The number of hydrogen-bond acceptors (Lipinski definition) is 5. The van der Waals surface area contributed by atoms with E-state index in [2.05, 4.69) is 27.3 Å². The zero-order chi connectivity index (χ0) is 17.2. The van der Waals surface area contributed by atoms with E-state index in [-0.39, 0.29) is 30.4 Å². The SMILES string of the molecule is CCOc1cc(CN2CCOCC2)cc2[nH]c(=O)c3c(c12)NCCC3.[Cl-].[Cl-]. The maximum absolute atomic E-state index is 12.5. The Balaban J connectivity index is 0.00000131. The van der Waals surface area contributed by atoms with Crippen molar-refractivity contribution in [3.63, 3.8) is 0 Å². The van der Waals surface area contributed by atoms with E-state index in [1.165, 1.54) is 0 Å². The summed E-state index contributed by atoms with van der Waals surface area (Å²) in [6, 6.07) is 4.21. The fourth-order valence-corrected chi connectivity index (χ4v) is 3.78. The van der Waals surface area contributed by atoms with Gasteiger partial charge in [-0.2, -0.15) is 0 Å². The van der Waals surface area contributed by atoms with E-state index in [1.807, 2.05) is 6.92 Å². The van der Waals surface area contributed by atoms with Crippen LogP contribution in [0.1, 0.15) is 24.5 Å². The Morgan fingerprint density at radius 1 is 1.22 bits per heavy atom. The average molecular weight is 414 g/mol. The van der Waals surface area contributed by atoms with Crippen LogP contribution in [0.2, 0.25) is 0 Å². The van der Waals surface area contributed by atoms with Crippen LogP contribution in [0.25, 0.3) is 10.9 Å². The van der Waals surface area contributed by atoms with Crippen molar-refractivity contribution in [2.75, 3.05) is 44.8 Å². The maximum atomic E-state index is 12.5. The molecule has 1 saturated heterocycles. The predicted octanol–water partition coefficient (Wildman–Crippen LogP) is -3.87. The van der Waals surface area contributed by atoms with Gasteiger partial charge in [0.25, 0.3) is 5.56 Å². The molecule has 2 aromatic rings. The van der Waals surface area contributed by atoms with Crippen LogP contribution in [0.5, 0.6) is 5.75 Å². The van der Waals surface area contributed by atoms with Gasteiger partial charge in [0.1, 0.15) is 5.75 Å². The zero-order valence-electron chi connectivity index (χ0n) is 15.4. The molecule has 3 heterocycles. The highest BCUT2D eigenvalue weighted by Crippen LogP contribution is 2.36. The first-order chi connectivity index (χ1) is 12.3. The topological polar surface area (TPSA) is 66.6 Å². The third-order valence-electron chi connectivity index (χ3n) is 4.95. The first kappa shape index (κ1) is 21.8. The molecule has 2 aliphatic rings. The summed E-state index contributed by atoms with van der Waals surface area (Å²) in [6.07, 6.45) is 1.80. The van der Waals surface area contributed by atoms with Gasteiger partial charge in [-0.1, -0.05) is 0 Å². The summed E-state index contributed by atoms with van der Waals surface area (Å²) in [6.45, 7) is 7.75. The fourth-order valence-electron chi connectivity index (χ4n) is 3.78. The molecule has 0 unspecified atom stereocenters. The third-order valence-corrected chi connectivity index (χ3v) is 4.95. The Kier molecular flexibility index (Phi) is 7.79. The Morgan fingerprint density at radius 3 is 2.74 bits per heavy atom. The van der Waals surface area contributed by atoms with Gasteiger partial charge in [0.05, 0.1) is 36.4 Å². The van der Waals surface area contributed by atoms with E-state index in [0.29, 0.717) is 6.61 Å². The van der Waals surface area contributed by atoms with Crippen molar-refractivity contribution in [3.8, 4) is 5.75 Å². The summed E-state index contributed by atoms with van der Waals surface area (Å²) in [7, 11) is 0. The van der Waals surface area contributed by atoms with Crippen LogP contribution in [0.15, 0.2) is 16.9 Å². The van der Waals surface area contributed by atoms with Crippen LogP contribution in [0, 0.1) is 0 Å². The molecule has 0 bridgehead atoms. The molecular weight excluding hydrogens is 389 g/mol. The van der Waals surface area contributed by atoms with E-state index in [9.17, 15) is 4.79 Å². The van der Waals surface area contributed by atoms with Crippen molar-refractivity contribution in [2.45, 2.75) is 26.3 Å². The van der Waals surface area contributed by atoms with Crippen molar-refractivity contribution < 1.29 is 34.3 Å². The number of aromatic nitrogens is 1. The Hall–Kier alpha value is -1.47. The summed E-state index contributed by atoms with van der Waals surface area (Å²) in [5, 5.41) is 4.42. The molecule has 0 saturated carbocycles. The summed E-state index contributed by atoms with van der Waals surface area (Å²) in [4.78, 5) is 17.9.